The van der Waals surface area contributed by atoms with Crippen molar-refractivity contribution in [3.8, 4) is 0 Å². The van der Waals surface area contributed by atoms with E-state index in [2.05, 4.69) is 10.6 Å². The second-order valence-electron chi connectivity index (χ2n) is 2.04. The van der Waals surface area contributed by atoms with Crippen molar-refractivity contribution in [2.45, 2.75) is 0 Å². The first-order valence-electron chi connectivity index (χ1n) is 3.39. The molecule has 0 unspecified atom stereocenters. The normalized spacial score (nSPS) is 8.73. The van der Waals surface area contributed by atoms with Crippen LogP contribution in [0.4, 0.5) is 5.69 Å². The molecule has 0 aliphatic rings. The summed E-state index contributed by atoms with van der Waals surface area (Å²) in [6.07, 6.45) is 0.663. The Morgan fingerprint density at radius 1 is 1.27 bits per heavy atom. The van der Waals surface area contributed by atoms with Gasteiger partial charge < -0.3 is 10.6 Å². The molecule has 0 aliphatic carbocycles. The van der Waals surface area contributed by atoms with Gasteiger partial charge in [0.1, 0.15) is 0 Å². The van der Waals surface area contributed by atoms with Crippen LogP contribution in [0.1, 0.15) is 0 Å². The average Bonchev–Trinajstić information content (AvgIpc) is 2.07. The number of hydrogen-bond donors (Lipinski definition) is 2. The molecule has 0 heterocycles. The van der Waals surface area contributed by atoms with E-state index >= 15 is 0 Å². The summed E-state index contributed by atoms with van der Waals surface area (Å²) in [6, 6.07) is 9.68. The predicted octanol–water partition coefficient (Wildman–Crippen LogP) is 0.802. The first-order valence-corrected chi connectivity index (χ1v) is 3.39. The van der Waals surface area contributed by atoms with Crippen molar-refractivity contribution in [3.05, 3.63) is 30.3 Å². The molecule has 1 rings (SSSR count). The highest BCUT2D eigenvalue weighted by molar-refractivity contribution is 5.48. The second-order valence-corrected chi connectivity index (χ2v) is 2.04. The van der Waals surface area contributed by atoms with E-state index in [4.69, 9.17) is 0 Å². The van der Waals surface area contributed by atoms with Crippen molar-refractivity contribution in [3.63, 3.8) is 0 Å². The number of carbonyl (C=O) groups excluding carboxylic acids is 1. The van der Waals surface area contributed by atoms with Crippen molar-refractivity contribution in [2.24, 2.45) is 0 Å². The van der Waals surface area contributed by atoms with Crippen LogP contribution >= 0.6 is 0 Å². The summed E-state index contributed by atoms with van der Waals surface area (Å²) in [4.78, 5) is 9.84. The van der Waals surface area contributed by atoms with Gasteiger partial charge >= 0.3 is 0 Å². The molecule has 3 nitrogen and oxygen atoms in total. The minimum absolute atomic E-state index is 0.466. The molecule has 0 saturated carbocycles. The largest absolute Gasteiger partial charge is 0.368 e. The Kier molecular flexibility index (Phi) is 2.99. The summed E-state index contributed by atoms with van der Waals surface area (Å²) in [7, 11) is 0. The van der Waals surface area contributed by atoms with Crippen LogP contribution in [0.25, 0.3) is 0 Å². The fraction of sp³-hybridized carbons (Fsp3) is 0.125. The molecule has 2 N–H and O–H groups in total. The molecule has 0 saturated heterocycles. The van der Waals surface area contributed by atoms with E-state index in [-0.39, 0.29) is 0 Å². The maximum absolute atomic E-state index is 9.84. The highest BCUT2D eigenvalue weighted by atomic mass is 16.1. The van der Waals surface area contributed by atoms with Gasteiger partial charge in [0.25, 0.3) is 0 Å². The monoisotopic (exact) mass is 150 g/mol. The summed E-state index contributed by atoms with van der Waals surface area (Å²) >= 11 is 0. The van der Waals surface area contributed by atoms with Crippen LogP contribution in [0, 0.1) is 0 Å². The van der Waals surface area contributed by atoms with Crippen molar-refractivity contribution in [1.29, 1.82) is 0 Å². The molecular weight excluding hydrogens is 140 g/mol. The Bertz CT molecular complexity index is 211. The van der Waals surface area contributed by atoms with Crippen LogP contribution in [0.3, 0.4) is 0 Å². The zero-order valence-electron chi connectivity index (χ0n) is 6.08. The fourth-order valence-corrected chi connectivity index (χ4v) is 0.751. The van der Waals surface area contributed by atoms with Gasteiger partial charge in [0.05, 0.1) is 6.67 Å². The highest BCUT2D eigenvalue weighted by Crippen LogP contribution is 2.02. The third kappa shape index (κ3) is 2.71. The lowest BCUT2D eigenvalue weighted by molar-refractivity contribution is -0.109. The van der Waals surface area contributed by atoms with E-state index < -0.39 is 0 Å². The van der Waals surface area contributed by atoms with Crippen molar-refractivity contribution in [2.75, 3.05) is 12.0 Å². The molecule has 1 aromatic rings. The highest BCUT2D eigenvalue weighted by Gasteiger charge is 1.84. The molecular formula is C8H10N2O. The fourth-order valence-electron chi connectivity index (χ4n) is 0.751. The number of rotatable bonds is 4. The molecule has 0 fully saturated rings. The lowest BCUT2D eigenvalue weighted by Crippen LogP contribution is -2.19. The van der Waals surface area contributed by atoms with E-state index in [9.17, 15) is 4.79 Å². The molecule has 0 radical (unpaired) electrons. The lowest BCUT2D eigenvalue weighted by Gasteiger charge is -2.03. The SMILES string of the molecule is O=CNCNc1ccccc1. The summed E-state index contributed by atoms with van der Waals surface area (Å²) in [5, 5.41) is 5.51. The van der Waals surface area contributed by atoms with Crippen molar-refractivity contribution < 1.29 is 4.79 Å². The molecule has 0 aromatic heterocycles. The Balaban J connectivity index is 2.33. The number of para-hydroxylation sites is 1. The van der Waals surface area contributed by atoms with Crippen LogP contribution in [-0.2, 0) is 4.79 Å². The second kappa shape index (κ2) is 4.33. The lowest BCUT2D eigenvalue weighted by atomic mass is 10.3. The van der Waals surface area contributed by atoms with Crippen LogP contribution in [0.15, 0.2) is 30.3 Å². The van der Waals surface area contributed by atoms with Crippen LogP contribution in [0.2, 0.25) is 0 Å². The van der Waals surface area contributed by atoms with Gasteiger partial charge in [0.2, 0.25) is 6.41 Å². The van der Waals surface area contributed by atoms with Gasteiger partial charge in [-0.2, -0.15) is 0 Å². The summed E-state index contributed by atoms with van der Waals surface area (Å²) in [5.74, 6) is 0. The van der Waals surface area contributed by atoms with Crippen molar-refractivity contribution in [1.82, 2.24) is 5.32 Å². The number of anilines is 1. The molecule has 58 valence electrons. The van der Waals surface area contributed by atoms with Gasteiger partial charge in [-0.3, -0.25) is 4.79 Å². The third-order valence-electron chi connectivity index (χ3n) is 1.25. The van der Waals surface area contributed by atoms with Crippen LogP contribution < -0.4 is 10.6 Å². The summed E-state index contributed by atoms with van der Waals surface area (Å²) in [5.41, 5.74) is 1.00. The quantitative estimate of drug-likeness (QED) is 0.378. The van der Waals surface area contributed by atoms with Crippen LogP contribution in [0.5, 0.6) is 0 Å². The molecule has 0 spiro atoms. The van der Waals surface area contributed by atoms with E-state index in [1.54, 1.807) is 0 Å². The summed E-state index contributed by atoms with van der Waals surface area (Å²) in [6.45, 7) is 0.466. The minimum Gasteiger partial charge on any atom is -0.368 e. The molecule has 3 heteroatoms. The zero-order valence-corrected chi connectivity index (χ0v) is 6.08. The number of carbonyl (C=O) groups is 1. The molecule has 0 aliphatic heterocycles. The van der Waals surface area contributed by atoms with Crippen molar-refractivity contribution >= 4 is 12.1 Å². The van der Waals surface area contributed by atoms with E-state index in [0.29, 0.717) is 13.1 Å². The van der Waals surface area contributed by atoms with E-state index in [0.717, 1.165) is 5.69 Å². The van der Waals surface area contributed by atoms with Gasteiger partial charge in [-0.05, 0) is 12.1 Å². The topological polar surface area (TPSA) is 41.1 Å². The number of hydrogen-bond acceptors (Lipinski definition) is 2. The van der Waals surface area contributed by atoms with E-state index in [1.165, 1.54) is 0 Å². The van der Waals surface area contributed by atoms with Gasteiger partial charge in [0, 0.05) is 5.69 Å². The van der Waals surface area contributed by atoms with E-state index in [1.807, 2.05) is 30.3 Å². The average molecular weight is 150 g/mol. The van der Waals surface area contributed by atoms with Gasteiger partial charge in [-0.15, -0.1) is 0 Å². The summed E-state index contributed by atoms with van der Waals surface area (Å²) < 4.78 is 0. The third-order valence-corrected chi connectivity index (χ3v) is 1.25. The minimum atomic E-state index is 0.466. The van der Waals surface area contributed by atoms with Crippen LogP contribution in [-0.4, -0.2) is 13.1 Å². The molecule has 1 amide bonds. The Hall–Kier alpha value is -1.51. The molecule has 11 heavy (non-hydrogen) atoms. The maximum Gasteiger partial charge on any atom is 0.208 e. The number of amides is 1. The number of benzene rings is 1. The maximum atomic E-state index is 9.84. The Labute approximate surface area is 65.4 Å². The Morgan fingerprint density at radius 2 is 2.00 bits per heavy atom. The molecule has 0 bridgehead atoms. The zero-order chi connectivity index (χ0) is 7.94. The van der Waals surface area contributed by atoms with Gasteiger partial charge in [-0.1, -0.05) is 18.2 Å². The molecule has 0 atom stereocenters. The molecule has 1 aromatic carbocycles. The smallest absolute Gasteiger partial charge is 0.208 e. The number of nitrogens with one attached hydrogen (secondary N) is 2. The first-order chi connectivity index (χ1) is 5.43. The van der Waals surface area contributed by atoms with Gasteiger partial charge in [-0.25, -0.2) is 0 Å². The Morgan fingerprint density at radius 3 is 2.64 bits per heavy atom. The first kappa shape index (κ1) is 7.60. The van der Waals surface area contributed by atoms with Gasteiger partial charge in [0.15, 0.2) is 0 Å². The standard InChI is InChI=1S/C8H10N2O/c11-7-9-6-10-8-4-2-1-3-5-8/h1-5,7,10H,6H2,(H,9,11). The predicted molar refractivity (Wildman–Crippen MR) is 44.1 cm³/mol.